The lowest BCUT2D eigenvalue weighted by atomic mass is 10.2. The van der Waals surface area contributed by atoms with Gasteiger partial charge in [-0.05, 0) is 24.3 Å². The summed E-state index contributed by atoms with van der Waals surface area (Å²) in [6, 6.07) is 12.7. The van der Waals surface area contributed by atoms with Crippen molar-refractivity contribution in [2.75, 3.05) is 13.2 Å². The van der Waals surface area contributed by atoms with Crippen molar-refractivity contribution in [3.05, 3.63) is 59.7 Å². The normalized spacial score (nSPS) is 11.3. The molecule has 0 spiro atoms. The van der Waals surface area contributed by atoms with E-state index >= 15 is 0 Å². The highest BCUT2D eigenvalue weighted by atomic mass is 16.6. The number of aliphatic hydroxyl groups excluding tert-OH is 1. The molecule has 0 aromatic heterocycles. The molecule has 2 aromatic rings. The molecule has 1 unspecified atom stereocenters. The van der Waals surface area contributed by atoms with E-state index in [0.29, 0.717) is 6.42 Å². The number of hydrogen-bond acceptors (Lipinski definition) is 8. The third-order valence-corrected chi connectivity index (χ3v) is 4.02. The van der Waals surface area contributed by atoms with Crippen molar-refractivity contribution in [1.29, 1.82) is 0 Å². The van der Waals surface area contributed by atoms with Crippen molar-refractivity contribution in [3.63, 3.8) is 0 Å². The Labute approximate surface area is 180 Å². The number of carbonyl (C=O) groups is 3. The maximum Gasteiger partial charge on any atom is 0.341 e. The predicted octanol–water partition coefficient (Wildman–Crippen LogP) is 3.51. The van der Waals surface area contributed by atoms with Crippen LogP contribution >= 0.6 is 0 Å². The molecule has 31 heavy (non-hydrogen) atoms. The van der Waals surface area contributed by atoms with E-state index in [1.807, 2.05) is 6.92 Å². The Bertz CT molecular complexity index is 893. The fourth-order valence-electron chi connectivity index (χ4n) is 2.61. The smallest absolute Gasteiger partial charge is 0.341 e. The molecule has 1 atom stereocenters. The number of hydrogen-bond donors (Lipinski definition) is 1. The third-order valence-electron chi connectivity index (χ3n) is 4.02. The SMILES string of the molecule is CCCC(O)Oc1ccccc1C(=O)OCCCOC(=O)c1ccccc1OC(C)=O. The Morgan fingerprint density at radius 2 is 1.39 bits per heavy atom. The molecular weight excluding hydrogens is 404 g/mol. The molecule has 0 fully saturated rings. The summed E-state index contributed by atoms with van der Waals surface area (Å²) in [4.78, 5) is 35.7. The summed E-state index contributed by atoms with van der Waals surface area (Å²) in [5, 5.41) is 9.82. The summed E-state index contributed by atoms with van der Waals surface area (Å²) in [5.41, 5.74) is 0.330. The maximum absolute atomic E-state index is 12.3. The molecule has 8 nitrogen and oxygen atoms in total. The van der Waals surface area contributed by atoms with Crippen LogP contribution in [0.5, 0.6) is 11.5 Å². The van der Waals surface area contributed by atoms with Crippen molar-refractivity contribution in [3.8, 4) is 11.5 Å². The van der Waals surface area contributed by atoms with Gasteiger partial charge in [0.05, 0.1) is 13.2 Å². The van der Waals surface area contributed by atoms with Gasteiger partial charge in [0.15, 0.2) is 6.29 Å². The van der Waals surface area contributed by atoms with E-state index in [4.69, 9.17) is 18.9 Å². The summed E-state index contributed by atoms with van der Waals surface area (Å²) in [7, 11) is 0. The van der Waals surface area contributed by atoms with E-state index in [9.17, 15) is 19.5 Å². The van der Waals surface area contributed by atoms with Gasteiger partial charge >= 0.3 is 17.9 Å². The van der Waals surface area contributed by atoms with Crippen LogP contribution in [0.1, 0.15) is 53.8 Å². The zero-order chi connectivity index (χ0) is 22.6. The number of rotatable bonds is 11. The van der Waals surface area contributed by atoms with E-state index in [1.165, 1.54) is 19.1 Å². The molecule has 2 rings (SSSR count). The van der Waals surface area contributed by atoms with Gasteiger partial charge in [-0.25, -0.2) is 9.59 Å². The number of para-hydroxylation sites is 2. The fourth-order valence-corrected chi connectivity index (χ4v) is 2.61. The van der Waals surface area contributed by atoms with Crippen LogP contribution in [0, 0.1) is 0 Å². The molecule has 2 aromatic carbocycles. The minimum atomic E-state index is -1.01. The van der Waals surface area contributed by atoms with Crippen LogP contribution in [-0.4, -0.2) is 42.5 Å². The average Bonchev–Trinajstić information content (AvgIpc) is 2.73. The zero-order valence-corrected chi connectivity index (χ0v) is 17.5. The zero-order valence-electron chi connectivity index (χ0n) is 17.5. The lowest BCUT2D eigenvalue weighted by Crippen LogP contribution is -2.18. The highest BCUT2D eigenvalue weighted by Gasteiger charge is 2.17. The predicted molar refractivity (Wildman–Crippen MR) is 111 cm³/mol. The molecule has 1 N–H and O–H groups in total. The van der Waals surface area contributed by atoms with Gasteiger partial charge < -0.3 is 24.1 Å². The van der Waals surface area contributed by atoms with E-state index < -0.39 is 24.2 Å². The number of aliphatic hydroxyl groups is 1. The Kier molecular flexibility index (Phi) is 9.51. The molecule has 0 bridgehead atoms. The minimum Gasteiger partial charge on any atom is -0.464 e. The van der Waals surface area contributed by atoms with Crippen molar-refractivity contribution in [1.82, 2.24) is 0 Å². The van der Waals surface area contributed by atoms with Crippen molar-refractivity contribution < 1.29 is 38.4 Å². The Morgan fingerprint density at radius 1 is 0.871 bits per heavy atom. The first kappa shape index (κ1) is 23.9. The summed E-state index contributed by atoms with van der Waals surface area (Å²) in [6.45, 7) is 3.18. The summed E-state index contributed by atoms with van der Waals surface area (Å²) in [5.74, 6) is -1.44. The van der Waals surface area contributed by atoms with Gasteiger partial charge in [-0.3, -0.25) is 4.79 Å². The topological polar surface area (TPSA) is 108 Å². The number of carbonyl (C=O) groups excluding carboxylic acids is 3. The Balaban J connectivity index is 1.82. The second-order valence-electron chi connectivity index (χ2n) is 6.57. The molecule has 0 aliphatic carbocycles. The van der Waals surface area contributed by atoms with Crippen LogP contribution in [-0.2, 0) is 14.3 Å². The van der Waals surface area contributed by atoms with E-state index in [2.05, 4.69) is 0 Å². The lowest BCUT2D eigenvalue weighted by Gasteiger charge is -2.15. The molecule has 8 heteroatoms. The summed E-state index contributed by atoms with van der Waals surface area (Å²) >= 11 is 0. The first-order valence-corrected chi connectivity index (χ1v) is 9.97. The van der Waals surface area contributed by atoms with Gasteiger partial charge in [0.25, 0.3) is 0 Å². The molecule has 166 valence electrons. The molecule has 0 saturated carbocycles. The van der Waals surface area contributed by atoms with Crippen molar-refractivity contribution >= 4 is 17.9 Å². The highest BCUT2D eigenvalue weighted by Crippen LogP contribution is 2.21. The highest BCUT2D eigenvalue weighted by molar-refractivity contribution is 5.93. The third kappa shape index (κ3) is 7.75. The van der Waals surface area contributed by atoms with Gasteiger partial charge in [0.2, 0.25) is 0 Å². The van der Waals surface area contributed by atoms with E-state index in [-0.39, 0.29) is 42.3 Å². The van der Waals surface area contributed by atoms with Crippen LogP contribution in [0.15, 0.2) is 48.5 Å². The number of ether oxygens (including phenoxy) is 4. The van der Waals surface area contributed by atoms with Crippen molar-refractivity contribution in [2.45, 2.75) is 39.4 Å². The van der Waals surface area contributed by atoms with Gasteiger partial charge in [-0.15, -0.1) is 0 Å². The second kappa shape index (κ2) is 12.3. The maximum atomic E-state index is 12.3. The molecule has 0 saturated heterocycles. The van der Waals surface area contributed by atoms with E-state index in [0.717, 1.165) is 6.42 Å². The molecule has 0 aliphatic rings. The second-order valence-corrected chi connectivity index (χ2v) is 6.57. The van der Waals surface area contributed by atoms with Gasteiger partial charge in [0, 0.05) is 19.8 Å². The van der Waals surface area contributed by atoms with Crippen molar-refractivity contribution in [2.24, 2.45) is 0 Å². The van der Waals surface area contributed by atoms with Crippen LogP contribution in [0.2, 0.25) is 0 Å². The lowest BCUT2D eigenvalue weighted by molar-refractivity contribution is -0.131. The molecule has 0 radical (unpaired) electrons. The van der Waals surface area contributed by atoms with Crippen LogP contribution in [0.3, 0.4) is 0 Å². The fraction of sp³-hybridized carbons (Fsp3) is 0.348. The Morgan fingerprint density at radius 3 is 1.94 bits per heavy atom. The molecule has 0 heterocycles. The van der Waals surface area contributed by atoms with Crippen LogP contribution < -0.4 is 9.47 Å². The summed E-state index contributed by atoms with van der Waals surface area (Å²) in [6.07, 6.45) is 0.440. The first-order chi connectivity index (χ1) is 14.9. The van der Waals surface area contributed by atoms with E-state index in [1.54, 1.807) is 36.4 Å². The average molecular weight is 430 g/mol. The minimum absolute atomic E-state index is 0.00782. The van der Waals surface area contributed by atoms with Gasteiger partial charge in [-0.2, -0.15) is 0 Å². The molecule has 0 aliphatic heterocycles. The van der Waals surface area contributed by atoms with Crippen LogP contribution in [0.4, 0.5) is 0 Å². The largest absolute Gasteiger partial charge is 0.464 e. The number of benzene rings is 2. The van der Waals surface area contributed by atoms with Crippen LogP contribution in [0.25, 0.3) is 0 Å². The summed E-state index contributed by atoms with van der Waals surface area (Å²) < 4.78 is 20.8. The quantitative estimate of drug-likeness (QED) is 0.250. The van der Waals surface area contributed by atoms with Gasteiger partial charge in [0.1, 0.15) is 22.6 Å². The monoisotopic (exact) mass is 430 g/mol. The number of esters is 3. The molecule has 0 amide bonds. The molecular formula is C23H26O8. The standard InChI is InChI=1S/C23H26O8/c1-3-9-21(25)31-20-13-7-5-11-18(20)23(27)29-15-8-14-28-22(26)17-10-4-6-12-19(17)30-16(2)24/h4-7,10-13,21,25H,3,8-9,14-15H2,1-2H3. The van der Waals surface area contributed by atoms with Gasteiger partial charge in [-0.1, -0.05) is 37.6 Å². The first-order valence-electron chi connectivity index (χ1n) is 9.97. The Hall–Kier alpha value is -3.39.